The van der Waals surface area contributed by atoms with Crippen LogP contribution in [0.3, 0.4) is 0 Å². The van der Waals surface area contributed by atoms with Crippen LogP contribution in [0.5, 0.6) is 0 Å². The Bertz CT molecular complexity index is 387. The highest BCUT2D eigenvalue weighted by Gasteiger charge is 2.78. The highest BCUT2D eigenvalue weighted by Crippen LogP contribution is 2.46. The molecule has 0 rings (SSSR count). The Morgan fingerprint density at radius 2 is 1.50 bits per heavy atom. The molecule has 0 aliphatic heterocycles. The second-order valence-corrected chi connectivity index (χ2v) is 3.83. The lowest BCUT2D eigenvalue weighted by Gasteiger charge is -2.31. The highest BCUT2D eigenvalue weighted by atomic mass is 19.3. The monoisotopic (exact) mass is 311 g/mol. The van der Waals surface area contributed by atoms with Crippen molar-refractivity contribution in [1.82, 2.24) is 4.90 Å². The Hall–Kier alpha value is -1.52. The molecule has 11 heteroatoms. The van der Waals surface area contributed by atoms with Gasteiger partial charge in [0, 0.05) is 20.2 Å². The molecule has 2 N–H and O–H groups in total. The number of hydrogen-bond donors (Lipinski definition) is 2. The van der Waals surface area contributed by atoms with Crippen LogP contribution in [0, 0.1) is 0 Å². The summed E-state index contributed by atoms with van der Waals surface area (Å²) in [6, 6.07) is 0. The average Bonchev–Trinajstić information content (AvgIpc) is 2.33. The SMILES string of the molecule is CN(CCCO)C(=O)C(F)(F)C(F)(F)C(F)(F)C(=O)O. The largest absolute Gasteiger partial charge is 0.477 e. The molecule has 0 aliphatic rings. The van der Waals surface area contributed by atoms with Crippen molar-refractivity contribution in [2.45, 2.75) is 24.2 Å². The topological polar surface area (TPSA) is 77.8 Å². The summed E-state index contributed by atoms with van der Waals surface area (Å²) in [5.74, 6) is -24.6. The van der Waals surface area contributed by atoms with Gasteiger partial charge >= 0.3 is 23.7 Å². The molecule has 0 fully saturated rings. The number of carboxylic acid groups (broad SMARTS) is 1. The van der Waals surface area contributed by atoms with E-state index in [1.54, 1.807) is 0 Å². The van der Waals surface area contributed by atoms with E-state index < -0.39 is 42.8 Å². The van der Waals surface area contributed by atoms with Crippen LogP contribution in [-0.2, 0) is 9.59 Å². The van der Waals surface area contributed by atoms with Gasteiger partial charge in [-0.25, -0.2) is 4.79 Å². The number of amides is 1. The number of alkyl halides is 6. The van der Waals surface area contributed by atoms with Gasteiger partial charge in [0.15, 0.2) is 0 Å². The zero-order valence-corrected chi connectivity index (χ0v) is 10.0. The summed E-state index contributed by atoms with van der Waals surface area (Å²) >= 11 is 0. The van der Waals surface area contributed by atoms with Crippen molar-refractivity contribution in [2.75, 3.05) is 20.2 Å². The molecule has 0 aromatic heterocycles. The predicted molar refractivity (Wildman–Crippen MR) is 51.8 cm³/mol. The van der Waals surface area contributed by atoms with Gasteiger partial charge < -0.3 is 15.1 Å². The fraction of sp³-hybridized carbons (Fsp3) is 0.778. The molecule has 0 saturated carbocycles. The van der Waals surface area contributed by atoms with Crippen molar-refractivity contribution < 1.29 is 46.1 Å². The van der Waals surface area contributed by atoms with E-state index in [-0.39, 0.29) is 11.3 Å². The number of aliphatic hydroxyl groups is 1. The number of aliphatic hydroxyl groups excluding tert-OH is 1. The Morgan fingerprint density at radius 1 is 1.05 bits per heavy atom. The molecule has 0 saturated heterocycles. The normalized spacial score (nSPS) is 13.2. The van der Waals surface area contributed by atoms with E-state index in [0.29, 0.717) is 7.05 Å². The number of halogens is 6. The van der Waals surface area contributed by atoms with E-state index >= 15 is 0 Å². The molecule has 0 aromatic carbocycles. The molecule has 0 unspecified atom stereocenters. The first kappa shape index (κ1) is 18.5. The van der Waals surface area contributed by atoms with Crippen LogP contribution < -0.4 is 0 Å². The van der Waals surface area contributed by atoms with E-state index in [4.69, 9.17) is 10.2 Å². The lowest BCUT2D eigenvalue weighted by molar-refractivity contribution is -0.295. The van der Waals surface area contributed by atoms with Crippen LogP contribution in [0.15, 0.2) is 0 Å². The van der Waals surface area contributed by atoms with Crippen molar-refractivity contribution >= 4 is 11.9 Å². The van der Waals surface area contributed by atoms with Crippen LogP contribution in [0.2, 0.25) is 0 Å². The molecular weight excluding hydrogens is 300 g/mol. The summed E-state index contributed by atoms with van der Waals surface area (Å²) in [6.45, 7) is -1.15. The van der Waals surface area contributed by atoms with Gasteiger partial charge in [-0.3, -0.25) is 4.79 Å². The van der Waals surface area contributed by atoms with Crippen LogP contribution in [0.25, 0.3) is 0 Å². The van der Waals surface area contributed by atoms with Crippen molar-refractivity contribution in [3.05, 3.63) is 0 Å². The molecule has 0 bridgehead atoms. The fourth-order valence-corrected chi connectivity index (χ4v) is 1.11. The fourth-order valence-electron chi connectivity index (χ4n) is 1.11. The van der Waals surface area contributed by atoms with E-state index in [1.807, 2.05) is 0 Å². The minimum Gasteiger partial charge on any atom is -0.477 e. The Morgan fingerprint density at radius 3 is 1.85 bits per heavy atom. The van der Waals surface area contributed by atoms with Gasteiger partial charge in [0.1, 0.15) is 0 Å². The predicted octanol–water partition coefficient (Wildman–Crippen LogP) is 0.818. The number of hydrogen-bond acceptors (Lipinski definition) is 3. The summed E-state index contributed by atoms with van der Waals surface area (Å²) in [6.07, 6.45) is -0.251. The quantitative estimate of drug-likeness (QED) is 0.682. The number of aliphatic carboxylic acids is 1. The van der Waals surface area contributed by atoms with Gasteiger partial charge in [-0.05, 0) is 6.42 Å². The minimum absolute atomic E-state index is 0.00204. The van der Waals surface area contributed by atoms with Gasteiger partial charge in [0.05, 0.1) is 0 Å². The molecule has 0 atom stereocenters. The summed E-state index contributed by atoms with van der Waals surface area (Å²) in [5.41, 5.74) is 0. The second kappa shape index (κ2) is 5.85. The molecule has 20 heavy (non-hydrogen) atoms. The maximum atomic E-state index is 13.2. The lowest BCUT2D eigenvalue weighted by Crippen LogP contribution is -2.63. The summed E-state index contributed by atoms with van der Waals surface area (Å²) in [5, 5.41) is 16.3. The standard InChI is InChI=1S/C9H11F6NO4/c1-16(3-2-4-17)5(18)7(10,11)9(14,15)8(12,13)6(19)20/h17H,2-4H2,1H3,(H,19,20). The maximum Gasteiger partial charge on any atom is 0.411 e. The Labute approximate surface area is 108 Å². The minimum atomic E-state index is -6.41. The number of rotatable bonds is 7. The zero-order chi connectivity index (χ0) is 16.4. The molecule has 0 spiro atoms. The molecule has 0 heterocycles. The van der Waals surface area contributed by atoms with Crippen LogP contribution in [-0.4, -0.2) is 65.0 Å². The number of carboxylic acids is 1. The second-order valence-electron chi connectivity index (χ2n) is 3.83. The average molecular weight is 311 g/mol. The van der Waals surface area contributed by atoms with Crippen LogP contribution in [0.1, 0.15) is 6.42 Å². The molecular formula is C9H11F6NO4. The first-order valence-corrected chi connectivity index (χ1v) is 5.07. The number of carbonyl (C=O) groups excluding carboxylic acids is 1. The van der Waals surface area contributed by atoms with Gasteiger partial charge in [-0.1, -0.05) is 0 Å². The Balaban J connectivity index is 5.40. The van der Waals surface area contributed by atoms with Gasteiger partial charge in [-0.2, -0.15) is 26.3 Å². The van der Waals surface area contributed by atoms with Gasteiger partial charge in [0.2, 0.25) is 0 Å². The van der Waals surface area contributed by atoms with Crippen molar-refractivity contribution in [3.8, 4) is 0 Å². The van der Waals surface area contributed by atoms with Crippen LogP contribution >= 0.6 is 0 Å². The van der Waals surface area contributed by atoms with Gasteiger partial charge in [-0.15, -0.1) is 0 Å². The maximum absolute atomic E-state index is 13.2. The smallest absolute Gasteiger partial charge is 0.411 e. The van der Waals surface area contributed by atoms with Gasteiger partial charge in [0.25, 0.3) is 5.91 Å². The van der Waals surface area contributed by atoms with E-state index in [0.717, 1.165) is 0 Å². The van der Waals surface area contributed by atoms with Crippen molar-refractivity contribution in [2.24, 2.45) is 0 Å². The third-order valence-electron chi connectivity index (χ3n) is 2.32. The first-order valence-electron chi connectivity index (χ1n) is 5.07. The summed E-state index contributed by atoms with van der Waals surface area (Å²) < 4.78 is 77.6. The third kappa shape index (κ3) is 2.97. The summed E-state index contributed by atoms with van der Waals surface area (Å²) in [4.78, 5) is 21.0. The summed E-state index contributed by atoms with van der Waals surface area (Å²) in [7, 11) is 0.626. The van der Waals surface area contributed by atoms with E-state index in [1.165, 1.54) is 0 Å². The zero-order valence-electron chi connectivity index (χ0n) is 10.0. The molecule has 0 aromatic rings. The third-order valence-corrected chi connectivity index (χ3v) is 2.32. The lowest BCUT2D eigenvalue weighted by atomic mass is 10.0. The van der Waals surface area contributed by atoms with Crippen molar-refractivity contribution in [3.63, 3.8) is 0 Å². The first-order chi connectivity index (χ1) is 8.84. The Kier molecular flexibility index (Phi) is 5.41. The number of nitrogens with zero attached hydrogens (tertiary/aromatic N) is 1. The number of carbonyl (C=O) groups is 2. The van der Waals surface area contributed by atoms with E-state index in [9.17, 15) is 35.9 Å². The van der Waals surface area contributed by atoms with E-state index in [2.05, 4.69) is 0 Å². The molecule has 118 valence electrons. The molecule has 1 amide bonds. The highest BCUT2D eigenvalue weighted by molar-refractivity contribution is 5.87. The molecule has 5 nitrogen and oxygen atoms in total. The molecule has 0 aliphatic carbocycles. The van der Waals surface area contributed by atoms with Crippen LogP contribution in [0.4, 0.5) is 26.3 Å². The van der Waals surface area contributed by atoms with Crippen molar-refractivity contribution in [1.29, 1.82) is 0 Å². The molecule has 0 radical (unpaired) electrons.